The van der Waals surface area contributed by atoms with Crippen molar-refractivity contribution in [2.24, 2.45) is 0 Å². The van der Waals surface area contributed by atoms with Crippen molar-refractivity contribution in [2.75, 3.05) is 5.32 Å². The van der Waals surface area contributed by atoms with Gasteiger partial charge in [0.05, 0.1) is 5.39 Å². The van der Waals surface area contributed by atoms with Crippen LogP contribution in [0.4, 0.5) is 5.69 Å². The summed E-state index contributed by atoms with van der Waals surface area (Å²) in [4.78, 5) is 30.9. The van der Waals surface area contributed by atoms with Crippen molar-refractivity contribution in [1.29, 1.82) is 0 Å². The lowest BCUT2D eigenvalue weighted by Gasteiger charge is -2.10. The quantitative estimate of drug-likeness (QED) is 0.790. The Morgan fingerprint density at radius 1 is 1.30 bits per heavy atom. The van der Waals surface area contributed by atoms with E-state index >= 15 is 0 Å². The molecule has 2 heterocycles. The first-order valence-corrected chi connectivity index (χ1v) is 8.16. The molecule has 0 aliphatic rings. The number of rotatable bonds is 3. The first kappa shape index (κ1) is 15.7. The van der Waals surface area contributed by atoms with E-state index in [1.807, 2.05) is 13.0 Å². The van der Waals surface area contributed by atoms with Gasteiger partial charge in [-0.3, -0.25) is 14.2 Å². The van der Waals surface area contributed by atoms with E-state index in [1.54, 1.807) is 31.2 Å². The predicted octanol–water partition coefficient (Wildman–Crippen LogP) is 3.37. The van der Waals surface area contributed by atoms with Crippen molar-refractivity contribution in [3.8, 4) is 0 Å². The number of nitrogens with one attached hydrogen (secondary N) is 1. The maximum atomic E-state index is 12.5. The third-order valence-electron chi connectivity index (χ3n) is 3.39. The van der Waals surface area contributed by atoms with Gasteiger partial charge < -0.3 is 5.32 Å². The fraction of sp³-hybridized carbons (Fsp3) is 0.188. The van der Waals surface area contributed by atoms with E-state index in [-0.39, 0.29) is 18.0 Å². The van der Waals surface area contributed by atoms with E-state index in [0.717, 1.165) is 4.88 Å². The SMILES string of the molecule is Cc1cc2c(=O)n(CC(=O)Nc3ccc(Cl)cc3)c(C)nc2s1. The summed E-state index contributed by atoms with van der Waals surface area (Å²) in [5.41, 5.74) is 0.439. The van der Waals surface area contributed by atoms with Crippen LogP contribution >= 0.6 is 22.9 Å². The highest BCUT2D eigenvalue weighted by Crippen LogP contribution is 2.20. The van der Waals surface area contributed by atoms with Crippen LogP contribution in [0.25, 0.3) is 10.2 Å². The molecule has 23 heavy (non-hydrogen) atoms. The second kappa shape index (κ2) is 6.14. The summed E-state index contributed by atoms with van der Waals surface area (Å²) in [6, 6.07) is 8.61. The molecule has 3 rings (SSSR count). The van der Waals surface area contributed by atoms with Crippen LogP contribution in [-0.2, 0) is 11.3 Å². The number of anilines is 1. The first-order chi connectivity index (χ1) is 10.9. The Hall–Kier alpha value is -2.18. The molecule has 7 heteroatoms. The summed E-state index contributed by atoms with van der Waals surface area (Å²) in [5, 5.41) is 3.89. The maximum absolute atomic E-state index is 12.5. The van der Waals surface area contributed by atoms with Gasteiger partial charge in [0.25, 0.3) is 5.56 Å². The molecule has 2 aromatic heterocycles. The van der Waals surface area contributed by atoms with Crippen LogP contribution in [0.3, 0.4) is 0 Å². The highest BCUT2D eigenvalue weighted by molar-refractivity contribution is 7.18. The Morgan fingerprint density at radius 2 is 2.00 bits per heavy atom. The molecule has 0 aliphatic heterocycles. The molecular formula is C16H14ClN3O2S. The molecule has 0 saturated heterocycles. The summed E-state index contributed by atoms with van der Waals surface area (Å²) < 4.78 is 1.39. The third kappa shape index (κ3) is 3.28. The fourth-order valence-corrected chi connectivity index (χ4v) is 3.34. The maximum Gasteiger partial charge on any atom is 0.262 e. The first-order valence-electron chi connectivity index (χ1n) is 6.97. The van der Waals surface area contributed by atoms with Gasteiger partial charge in [-0.2, -0.15) is 0 Å². The lowest BCUT2D eigenvalue weighted by atomic mass is 10.3. The third-order valence-corrected chi connectivity index (χ3v) is 4.59. The van der Waals surface area contributed by atoms with Crippen LogP contribution in [0.5, 0.6) is 0 Å². The zero-order valence-corrected chi connectivity index (χ0v) is 14.2. The van der Waals surface area contributed by atoms with Crippen molar-refractivity contribution in [1.82, 2.24) is 9.55 Å². The number of aryl methyl sites for hydroxylation is 2. The highest BCUT2D eigenvalue weighted by Gasteiger charge is 2.13. The molecule has 0 radical (unpaired) electrons. The lowest BCUT2D eigenvalue weighted by molar-refractivity contribution is -0.116. The molecule has 0 aliphatic carbocycles. The van der Waals surface area contributed by atoms with E-state index in [9.17, 15) is 9.59 Å². The zero-order chi connectivity index (χ0) is 16.6. The van der Waals surface area contributed by atoms with Gasteiger partial charge in [-0.1, -0.05) is 11.6 Å². The molecule has 0 saturated carbocycles. The number of halogens is 1. The molecule has 118 valence electrons. The molecular weight excluding hydrogens is 334 g/mol. The molecule has 1 N–H and O–H groups in total. The largest absolute Gasteiger partial charge is 0.325 e. The number of fused-ring (bicyclic) bond motifs is 1. The van der Waals surface area contributed by atoms with Crippen molar-refractivity contribution in [2.45, 2.75) is 20.4 Å². The topological polar surface area (TPSA) is 64.0 Å². The Bertz CT molecular complexity index is 944. The molecule has 1 aromatic carbocycles. The van der Waals surface area contributed by atoms with Crippen molar-refractivity contribution in [3.63, 3.8) is 0 Å². The normalized spacial score (nSPS) is 10.9. The van der Waals surface area contributed by atoms with Crippen LogP contribution in [-0.4, -0.2) is 15.5 Å². The Kier molecular flexibility index (Phi) is 4.19. The van der Waals surface area contributed by atoms with Gasteiger partial charge in [0.1, 0.15) is 17.2 Å². The zero-order valence-electron chi connectivity index (χ0n) is 12.6. The van der Waals surface area contributed by atoms with Gasteiger partial charge >= 0.3 is 0 Å². The molecule has 0 atom stereocenters. The minimum atomic E-state index is -0.286. The fourth-order valence-electron chi connectivity index (χ4n) is 2.30. The number of carbonyl (C=O) groups excluding carboxylic acids is 1. The van der Waals surface area contributed by atoms with Crippen molar-refractivity contribution < 1.29 is 4.79 Å². The van der Waals surface area contributed by atoms with Crippen molar-refractivity contribution >= 4 is 44.7 Å². The number of hydrogen-bond acceptors (Lipinski definition) is 4. The number of thiophene rings is 1. The summed E-state index contributed by atoms with van der Waals surface area (Å²) in [7, 11) is 0. The standard InChI is InChI=1S/C16H14ClN3O2S/c1-9-7-13-15(23-9)18-10(2)20(16(13)22)8-14(21)19-12-5-3-11(17)4-6-12/h3-7H,8H2,1-2H3,(H,19,21). The average molecular weight is 348 g/mol. The van der Waals surface area contributed by atoms with E-state index in [4.69, 9.17) is 11.6 Å². The molecule has 0 unspecified atom stereocenters. The number of aromatic nitrogens is 2. The number of carbonyl (C=O) groups is 1. The van der Waals surface area contributed by atoms with Crippen LogP contribution in [0.1, 0.15) is 10.7 Å². The minimum Gasteiger partial charge on any atom is -0.325 e. The monoisotopic (exact) mass is 347 g/mol. The van der Waals surface area contributed by atoms with Gasteiger partial charge in [0, 0.05) is 15.6 Å². The number of amides is 1. The number of nitrogens with zero attached hydrogens (tertiary/aromatic N) is 2. The van der Waals surface area contributed by atoms with Gasteiger partial charge in [-0.25, -0.2) is 4.98 Å². The molecule has 3 aromatic rings. The highest BCUT2D eigenvalue weighted by atomic mass is 35.5. The minimum absolute atomic E-state index is 0.0782. The Labute approximate surface area is 141 Å². The average Bonchev–Trinajstić information content (AvgIpc) is 2.86. The van der Waals surface area contributed by atoms with Crippen LogP contribution < -0.4 is 10.9 Å². The van der Waals surface area contributed by atoms with Gasteiger partial charge in [-0.05, 0) is 44.2 Å². The number of hydrogen-bond donors (Lipinski definition) is 1. The Balaban J connectivity index is 1.87. The summed E-state index contributed by atoms with van der Waals surface area (Å²) in [5.74, 6) is 0.237. The van der Waals surface area contributed by atoms with Gasteiger partial charge in [-0.15, -0.1) is 11.3 Å². The second-order valence-corrected chi connectivity index (χ2v) is 6.85. The second-order valence-electron chi connectivity index (χ2n) is 5.18. The van der Waals surface area contributed by atoms with Crippen LogP contribution in [0, 0.1) is 13.8 Å². The summed E-state index contributed by atoms with van der Waals surface area (Å²) in [6.07, 6.45) is 0. The molecule has 0 fully saturated rings. The molecule has 5 nitrogen and oxygen atoms in total. The van der Waals surface area contributed by atoms with Gasteiger partial charge in [0.15, 0.2) is 0 Å². The molecule has 0 spiro atoms. The van der Waals surface area contributed by atoms with E-state index in [0.29, 0.717) is 26.8 Å². The van der Waals surface area contributed by atoms with E-state index in [1.165, 1.54) is 15.9 Å². The van der Waals surface area contributed by atoms with Crippen LogP contribution in [0.15, 0.2) is 35.1 Å². The predicted molar refractivity (Wildman–Crippen MR) is 93.4 cm³/mol. The smallest absolute Gasteiger partial charge is 0.262 e. The van der Waals surface area contributed by atoms with Crippen molar-refractivity contribution in [3.05, 3.63) is 56.4 Å². The van der Waals surface area contributed by atoms with E-state index in [2.05, 4.69) is 10.3 Å². The summed E-state index contributed by atoms with van der Waals surface area (Å²) in [6.45, 7) is 3.58. The summed E-state index contributed by atoms with van der Waals surface area (Å²) >= 11 is 7.29. The number of benzene rings is 1. The van der Waals surface area contributed by atoms with Gasteiger partial charge in [0.2, 0.25) is 5.91 Å². The molecule has 1 amide bonds. The Morgan fingerprint density at radius 3 is 2.70 bits per heavy atom. The van der Waals surface area contributed by atoms with Crippen LogP contribution in [0.2, 0.25) is 5.02 Å². The lowest BCUT2D eigenvalue weighted by Crippen LogP contribution is -2.29. The van der Waals surface area contributed by atoms with E-state index < -0.39 is 0 Å². The molecule has 0 bridgehead atoms.